The first kappa shape index (κ1) is 16.1. The van der Waals surface area contributed by atoms with Crippen molar-refractivity contribution in [2.24, 2.45) is 5.73 Å². The molecule has 0 saturated carbocycles. The third-order valence-corrected chi connectivity index (χ3v) is 4.59. The van der Waals surface area contributed by atoms with Gasteiger partial charge in [-0.05, 0) is 33.7 Å². The van der Waals surface area contributed by atoms with Gasteiger partial charge in [0.2, 0.25) is 0 Å². The molecule has 8 heteroatoms. The van der Waals surface area contributed by atoms with Crippen LogP contribution in [-0.4, -0.2) is 38.0 Å². The first-order chi connectivity index (χ1) is 8.79. The van der Waals surface area contributed by atoms with Crippen molar-refractivity contribution in [3.05, 3.63) is 17.0 Å². The molecule has 0 aliphatic carbocycles. The minimum absolute atomic E-state index is 0.389. The van der Waals surface area contributed by atoms with Gasteiger partial charge in [-0.15, -0.1) is 0 Å². The van der Waals surface area contributed by atoms with Crippen LogP contribution >= 0.6 is 0 Å². The Kier molecular flexibility index (Phi) is 5.48. The Hall–Kier alpha value is -0.960. The zero-order valence-electron chi connectivity index (χ0n) is 11.8. The predicted molar refractivity (Wildman–Crippen MR) is 72.7 cm³/mol. The van der Waals surface area contributed by atoms with Crippen LogP contribution in [0, 0.1) is 13.8 Å². The summed E-state index contributed by atoms with van der Waals surface area (Å²) in [4.78, 5) is 0. The van der Waals surface area contributed by atoms with Crippen molar-refractivity contribution in [1.82, 2.24) is 14.2 Å². The average Bonchev–Trinajstić information content (AvgIpc) is 2.65. The molecule has 0 aliphatic rings. The molecule has 1 aromatic rings. The highest BCUT2D eigenvalue weighted by molar-refractivity contribution is 7.87. The predicted octanol–water partition coefficient (Wildman–Crippen LogP) is 0.467. The van der Waals surface area contributed by atoms with E-state index in [0.29, 0.717) is 31.0 Å². The van der Waals surface area contributed by atoms with Crippen molar-refractivity contribution in [2.45, 2.75) is 33.2 Å². The van der Waals surface area contributed by atoms with E-state index in [-0.39, 0.29) is 0 Å². The summed E-state index contributed by atoms with van der Waals surface area (Å²) in [7, 11) is -2.01. The molecule has 0 aliphatic heterocycles. The summed E-state index contributed by atoms with van der Waals surface area (Å²) in [5.74, 6) is 0.623. The largest absolute Gasteiger partial charge is 0.361 e. The second-order valence-electron chi connectivity index (χ2n) is 4.55. The Bertz CT molecular complexity index is 493. The van der Waals surface area contributed by atoms with E-state index in [9.17, 15) is 8.42 Å². The summed E-state index contributed by atoms with van der Waals surface area (Å²) >= 11 is 0. The molecule has 0 radical (unpaired) electrons. The summed E-state index contributed by atoms with van der Waals surface area (Å²) in [5, 5.41) is 3.82. The molecule has 1 rings (SSSR count). The highest BCUT2D eigenvalue weighted by atomic mass is 32.2. The molecule has 0 saturated heterocycles. The minimum atomic E-state index is -3.53. The zero-order valence-corrected chi connectivity index (χ0v) is 12.6. The van der Waals surface area contributed by atoms with Gasteiger partial charge in [-0.25, -0.2) is 0 Å². The zero-order chi connectivity index (χ0) is 14.6. The smallest absolute Gasteiger partial charge is 0.279 e. The van der Waals surface area contributed by atoms with Crippen molar-refractivity contribution < 1.29 is 12.9 Å². The molecule has 0 fully saturated rings. The van der Waals surface area contributed by atoms with Crippen LogP contribution < -0.4 is 10.5 Å². The number of nitrogens with two attached hydrogens (primary N) is 1. The molecule has 1 atom stereocenters. The lowest BCUT2D eigenvalue weighted by Gasteiger charge is -2.20. The van der Waals surface area contributed by atoms with E-state index in [1.807, 2.05) is 0 Å². The second-order valence-corrected chi connectivity index (χ2v) is 6.36. The van der Waals surface area contributed by atoms with Crippen LogP contribution in [0.4, 0.5) is 0 Å². The van der Waals surface area contributed by atoms with Gasteiger partial charge in [-0.1, -0.05) is 5.16 Å². The Labute approximate surface area is 114 Å². The number of aromatic nitrogens is 1. The van der Waals surface area contributed by atoms with E-state index < -0.39 is 16.3 Å². The molecular weight excluding hydrogens is 268 g/mol. The number of aryl methyl sites for hydroxylation is 2. The van der Waals surface area contributed by atoms with Gasteiger partial charge in [0, 0.05) is 19.2 Å². The highest BCUT2D eigenvalue weighted by Gasteiger charge is 2.24. The lowest BCUT2D eigenvalue weighted by atomic mass is 10.1. The van der Waals surface area contributed by atoms with E-state index in [1.54, 1.807) is 20.8 Å². The first-order valence-electron chi connectivity index (χ1n) is 6.16. The van der Waals surface area contributed by atoms with Crippen molar-refractivity contribution in [1.29, 1.82) is 0 Å². The summed E-state index contributed by atoms with van der Waals surface area (Å²) < 4.78 is 33.1. The third-order valence-electron chi connectivity index (χ3n) is 2.93. The molecule has 3 N–H and O–H groups in total. The summed E-state index contributed by atoms with van der Waals surface area (Å²) in [5.41, 5.74) is 6.84. The molecule has 0 spiro atoms. The SMILES string of the molecule is Cc1noc(C)c1C(C)NS(=O)(=O)N(C)CCCN. The van der Waals surface area contributed by atoms with Crippen molar-refractivity contribution in [3.63, 3.8) is 0 Å². The Morgan fingerprint density at radius 1 is 1.47 bits per heavy atom. The van der Waals surface area contributed by atoms with Gasteiger partial charge in [0.1, 0.15) is 5.76 Å². The van der Waals surface area contributed by atoms with Gasteiger partial charge in [-0.2, -0.15) is 17.4 Å². The molecule has 1 aromatic heterocycles. The molecule has 1 heterocycles. The molecule has 0 bridgehead atoms. The quantitative estimate of drug-likeness (QED) is 0.760. The fraction of sp³-hybridized carbons (Fsp3) is 0.727. The van der Waals surface area contributed by atoms with Gasteiger partial charge in [0.15, 0.2) is 0 Å². The van der Waals surface area contributed by atoms with Crippen LogP contribution in [0.5, 0.6) is 0 Å². The number of hydrogen-bond acceptors (Lipinski definition) is 5. The van der Waals surface area contributed by atoms with Crippen LogP contribution in [0.3, 0.4) is 0 Å². The van der Waals surface area contributed by atoms with Gasteiger partial charge in [0.25, 0.3) is 10.2 Å². The minimum Gasteiger partial charge on any atom is -0.361 e. The Balaban J connectivity index is 2.78. The number of nitrogens with one attached hydrogen (secondary N) is 1. The molecule has 1 unspecified atom stereocenters. The Morgan fingerprint density at radius 2 is 2.11 bits per heavy atom. The molecule has 0 amide bonds. The first-order valence-corrected chi connectivity index (χ1v) is 7.60. The lowest BCUT2D eigenvalue weighted by Crippen LogP contribution is -2.40. The van der Waals surface area contributed by atoms with Gasteiger partial charge >= 0.3 is 0 Å². The van der Waals surface area contributed by atoms with Crippen molar-refractivity contribution in [2.75, 3.05) is 20.1 Å². The van der Waals surface area contributed by atoms with Gasteiger partial charge in [-0.3, -0.25) is 0 Å². The number of rotatable bonds is 7. The fourth-order valence-corrected chi connectivity index (χ4v) is 3.03. The average molecular weight is 290 g/mol. The maximum Gasteiger partial charge on any atom is 0.279 e. The van der Waals surface area contributed by atoms with E-state index in [2.05, 4.69) is 9.88 Å². The van der Waals surface area contributed by atoms with E-state index in [0.717, 1.165) is 5.56 Å². The standard InChI is InChI=1S/C11H22N4O3S/c1-8-11(10(3)18-13-8)9(2)14-19(16,17)15(4)7-5-6-12/h9,14H,5-7,12H2,1-4H3. The molecule has 0 aromatic carbocycles. The van der Waals surface area contributed by atoms with Crippen LogP contribution in [0.2, 0.25) is 0 Å². The fourth-order valence-electron chi connectivity index (χ4n) is 1.91. The number of hydrogen-bond donors (Lipinski definition) is 2. The van der Waals surface area contributed by atoms with Crippen LogP contribution in [0.25, 0.3) is 0 Å². The summed E-state index contributed by atoms with van der Waals surface area (Å²) in [6.45, 7) is 6.16. The van der Waals surface area contributed by atoms with Crippen molar-refractivity contribution >= 4 is 10.2 Å². The van der Waals surface area contributed by atoms with Gasteiger partial charge in [0.05, 0.1) is 11.7 Å². The third kappa shape index (κ3) is 4.00. The maximum absolute atomic E-state index is 12.1. The van der Waals surface area contributed by atoms with Crippen LogP contribution in [0.1, 0.15) is 36.4 Å². The van der Waals surface area contributed by atoms with Crippen LogP contribution in [0.15, 0.2) is 4.52 Å². The molecular formula is C11H22N4O3S. The number of nitrogens with zero attached hydrogens (tertiary/aromatic N) is 2. The lowest BCUT2D eigenvalue weighted by molar-refractivity contribution is 0.391. The second kappa shape index (κ2) is 6.47. The summed E-state index contributed by atoms with van der Waals surface area (Å²) in [6.07, 6.45) is 0.622. The van der Waals surface area contributed by atoms with Crippen LogP contribution in [-0.2, 0) is 10.2 Å². The maximum atomic E-state index is 12.1. The highest BCUT2D eigenvalue weighted by Crippen LogP contribution is 2.21. The van der Waals surface area contributed by atoms with Crippen molar-refractivity contribution in [3.8, 4) is 0 Å². The normalized spacial score (nSPS) is 14.0. The summed E-state index contributed by atoms with van der Waals surface area (Å²) in [6, 6.07) is -0.392. The Morgan fingerprint density at radius 3 is 2.58 bits per heavy atom. The molecule has 19 heavy (non-hydrogen) atoms. The molecule has 7 nitrogen and oxygen atoms in total. The van der Waals surface area contributed by atoms with E-state index in [1.165, 1.54) is 11.4 Å². The molecule has 110 valence electrons. The van der Waals surface area contributed by atoms with E-state index >= 15 is 0 Å². The monoisotopic (exact) mass is 290 g/mol. The van der Waals surface area contributed by atoms with Gasteiger partial charge < -0.3 is 10.3 Å². The van der Waals surface area contributed by atoms with E-state index in [4.69, 9.17) is 10.3 Å². The topological polar surface area (TPSA) is 101 Å².